The van der Waals surface area contributed by atoms with Gasteiger partial charge in [0.25, 0.3) is 0 Å². The van der Waals surface area contributed by atoms with Crippen LogP contribution in [0.3, 0.4) is 0 Å². The summed E-state index contributed by atoms with van der Waals surface area (Å²) in [4.78, 5) is 57.1. The first-order valence-corrected chi connectivity index (χ1v) is 21.9. The number of sulfone groups is 1. The number of allylic oxidation sites excluding steroid dienone is 3. The van der Waals surface area contributed by atoms with Gasteiger partial charge in [-0.2, -0.15) is 0 Å². The van der Waals surface area contributed by atoms with Gasteiger partial charge in [-0.15, -0.1) is 6.58 Å². The molecule has 3 aliphatic carbocycles. The van der Waals surface area contributed by atoms with E-state index >= 15 is 0 Å². The fourth-order valence-electron chi connectivity index (χ4n) is 7.79. The average molecular weight is 832 g/mol. The number of carbonyl (C=O) groups excluding carboxylic acids is 4. The monoisotopic (exact) mass is 831 g/mol. The molecule has 4 amide bonds. The fourth-order valence-corrected chi connectivity index (χ4v) is 9.22. The average Bonchev–Trinajstić information content (AvgIpc) is 4.13. The second-order valence-corrected chi connectivity index (χ2v) is 19.1. The lowest BCUT2D eigenvalue weighted by Crippen LogP contribution is -2.59. The van der Waals surface area contributed by atoms with Crippen molar-refractivity contribution in [3.63, 3.8) is 0 Å². The smallest absolute Gasteiger partial charge is 0.408 e. The van der Waals surface area contributed by atoms with E-state index in [1.807, 2.05) is 54.6 Å². The van der Waals surface area contributed by atoms with Gasteiger partial charge in [0.1, 0.15) is 46.7 Å². The van der Waals surface area contributed by atoms with Gasteiger partial charge >= 0.3 is 6.09 Å². The summed E-state index contributed by atoms with van der Waals surface area (Å²) in [5.41, 5.74) is 2.75. The quantitative estimate of drug-likeness (QED) is 0.190. The highest BCUT2D eigenvalue weighted by molar-refractivity contribution is 7.92. The third-order valence-electron chi connectivity index (χ3n) is 11.2. The van der Waals surface area contributed by atoms with Crippen molar-refractivity contribution in [3.8, 4) is 5.75 Å². The summed E-state index contributed by atoms with van der Waals surface area (Å²) in [6.45, 7) is 11.1. The molecule has 59 heavy (non-hydrogen) atoms. The Morgan fingerprint density at radius 1 is 1.07 bits per heavy atom. The molecule has 4 N–H and O–H groups in total. The van der Waals surface area contributed by atoms with E-state index in [1.165, 1.54) is 4.90 Å². The minimum absolute atomic E-state index is 0.0248. The first-order chi connectivity index (χ1) is 28.0. The molecule has 1 heterocycles. The molecule has 15 heteroatoms. The molecule has 2 saturated carbocycles. The zero-order valence-corrected chi connectivity index (χ0v) is 35.6. The van der Waals surface area contributed by atoms with Gasteiger partial charge < -0.3 is 40.4 Å². The van der Waals surface area contributed by atoms with Gasteiger partial charge in [0.15, 0.2) is 9.84 Å². The molecule has 2 aromatic carbocycles. The van der Waals surface area contributed by atoms with Crippen molar-refractivity contribution in [2.24, 2.45) is 5.92 Å². The van der Waals surface area contributed by atoms with Gasteiger partial charge in [0.2, 0.25) is 17.7 Å². The summed E-state index contributed by atoms with van der Waals surface area (Å²) in [5.74, 6) is -1.54. The van der Waals surface area contributed by atoms with E-state index < -0.39 is 80.0 Å². The van der Waals surface area contributed by atoms with E-state index in [0.717, 1.165) is 34.3 Å². The molecule has 2 aromatic rings. The van der Waals surface area contributed by atoms with E-state index in [0.29, 0.717) is 30.8 Å². The Bertz CT molecular complexity index is 2130. The zero-order chi connectivity index (χ0) is 42.7. The molecule has 0 bridgehead atoms. The molecule has 14 nitrogen and oxygen atoms in total. The summed E-state index contributed by atoms with van der Waals surface area (Å²) >= 11 is 0. The molecule has 3 fully saturated rings. The highest BCUT2D eigenvalue weighted by Gasteiger charge is 2.61. The Balaban J connectivity index is 1.33. The van der Waals surface area contributed by atoms with Crippen LogP contribution in [0.4, 0.5) is 4.79 Å². The number of hydrogen-bond donors (Lipinski definition) is 4. The molecule has 1 saturated heterocycles. The number of aryl methyl sites for hydroxylation is 1. The van der Waals surface area contributed by atoms with Crippen LogP contribution < -0.4 is 26.0 Å². The number of ether oxygens (including phenoxy) is 3. The maximum atomic E-state index is 14.5. The minimum Gasteiger partial charge on any atom is -0.497 e. The van der Waals surface area contributed by atoms with Crippen LogP contribution in [0, 0.1) is 5.92 Å². The molecule has 0 aromatic heterocycles. The van der Waals surface area contributed by atoms with Crippen molar-refractivity contribution in [3.05, 3.63) is 89.5 Å². The molecule has 6 rings (SSSR count). The standard InChI is InChI=1S/C44H57N5O9S/c1-8-30-23-44(30,41(52)46-26-59(54,55)33-17-18-33)48-39(50)37-21-32(25-49(37)40(51)36(24-45-6)47-42(53)58-43(3,4)5)57-38-22-35(28-12-10-9-11-13-28)27(2)14-15-29-20-31(56-7)16-19-34(29)38/h8-13,16,19-20,22,30,32-33,36-37,45H,1,14-15,17-18,21,23-26H2,2-7H3,(H,46,52)(H,47,53)(H,48,50). The molecule has 5 atom stereocenters. The summed E-state index contributed by atoms with van der Waals surface area (Å²) in [6.07, 6.45) is 4.95. The highest BCUT2D eigenvalue weighted by Crippen LogP contribution is 2.45. The Morgan fingerprint density at radius 2 is 1.80 bits per heavy atom. The lowest BCUT2D eigenvalue weighted by Gasteiger charge is -2.30. The van der Waals surface area contributed by atoms with Crippen LogP contribution in [0.15, 0.2) is 72.8 Å². The summed E-state index contributed by atoms with van der Waals surface area (Å²) in [6, 6.07) is 13.6. The van der Waals surface area contributed by atoms with Crippen molar-refractivity contribution < 1.29 is 41.8 Å². The van der Waals surface area contributed by atoms with Gasteiger partial charge in [0.05, 0.1) is 18.9 Å². The third kappa shape index (κ3) is 10.2. The van der Waals surface area contributed by atoms with Crippen molar-refractivity contribution in [1.29, 1.82) is 0 Å². The number of amides is 4. The lowest BCUT2D eigenvalue weighted by atomic mass is 9.90. The van der Waals surface area contributed by atoms with Crippen LogP contribution in [0.2, 0.25) is 0 Å². The van der Waals surface area contributed by atoms with Crippen LogP contribution >= 0.6 is 0 Å². The number of fused-ring (bicyclic) bond motifs is 1. The number of benzene rings is 2. The number of hydrogen-bond acceptors (Lipinski definition) is 10. The Morgan fingerprint density at radius 3 is 2.42 bits per heavy atom. The minimum atomic E-state index is -3.52. The molecule has 1 aliphatic heterocycles. The molecular formula is C44H57N5O9S. The van der Waals surface area contributed by atoms with Gasteiger partial charge in [-0.05, 0) is 108 Å². The van der Waals surface area contributed by atoms with Crippen molar-refractivity contribution in [2.45, 2.75) is 101 Å². The fraction of sp³-hybridized carbons (Fsp3) is 0.500. The zero-order valence-electron chi connectivity index (χ0n) is 34.8. The number of likely N-dealkylation sites (N-methyl/N-ethyl adjacent to an activating group) is 1. The number of carbonyl (C=O) groups is 4. The van der Waals surface area contributed by atoms with Crippen LogP contribution in [-0.4, -0.2) is 105 Å². The summed E-state index contributed by atoms with van der Waals surface area (Å²) in [7, 11) is -0.266. The van der Waals surface area contributed by atoms with Gasteiger partial charge in [-0.25, -0.2) is 13.2 Å². The number of nitrogens with one attached hydrogen (secondary N) is 4. The Hall–Kier alpha value is -5.15. The number of alkyl carbamates (subject to hydrolysis) is 1. The molecular weight excluding hydrogens is 775 g/mol. The predicted molar refractivity (Wildman–Crippen MR) is 225 cm³/mol. The third-order valence-corrected chi connectivity index (χ3v) is 13.3. The maximum absolute atomic E-state index is 14.5. The molecule has 0 spiro atoms. The highest BCUT2D eigenvalue weighted by atomic mass is 32.2. The second kappa shape index (κ2) is 17.6. The van der Waals surface area contributed by atoms with Crippen LogP contribution in [0.25, 0.3) is 11.3 Å². The molecule has 0 radical (unpaired) electrons. The normalized spacial score (nSPS) is 23.4. The van der Waals surface area contributed by atoms with E-state index in [4.69, 9.17) is 14.2 Å². The summed E-state index contributed by atoms with van der Waals surface area (Å²) in [5, 5.41) is 10.6. The van der Waals surface area contributed by atoms with E-state index in [-0.39, 0.29) is 25.9 Å². The van der Waals surface area contributed by atoms with Gasteiger partial charge in [-0.3, -0.25) is 14.4 Å². The Kier molecular flexibility index (Phi) is 13.0. The van der Waals surface area contributed by atoms with E-state index in [1.54, 1.807) is 41.0 Å². The second-order valence-electron chi connectivity index (χ2n) is 16.8. The van der Waals surface area contributed by atoms with E-state index in [2.05, 4.69) is 34.8 Å². The number of methoxy groups -OCH3 is 1. The lowest BCUT2D eigenvalue weighted by molar-refractivity contribution is -0.141. The predicted octanol–water partition coefficient (Wildman–Crippen LogP) is 4.27. The molecule has 4 aliphatic rings. The summed E-state index contributed by atoms with van der Waals surface area (Å²) < 4.78 is 43.2. The first kappa shape index (κ1) is 43.4. The van der Waals surface area contributed by atoms with Gasteiger partial charge in [0, 0.05) is 24.4 Å². The van der Waals surface area contributed by atoms with Crippen molar-refractivity contribution >= 4 is 45.0 Å². The Labute approximate surface area is 347 Å². The van der Waals surface area contributed by atoms with Crippen molar-refractivity contribution in [1.82, 2.24) is 26.2 Å². The number of likely N-dealkylation sites (tertiary alicyclic amines) is 1. The maximum Gasteiger partial charge on any atom is 0.408 e. The van der Waals surface area contributed by atoms with Crippen LogP contribution in [-0.2, 0) is 40.1 Å². The molecule has 5 unspecified atom stereocenters. The van der Waals surface area contributed by atoms with Crippen molar-refractivity contribution in [2.75, 3.05) is 33.1 Å². The van der Waals surface area contributed by atoms with Gasteiger partial charge in [-0.1, -0.05) is 42.0 Å². The first-order valence-electron chi connectivity index (χ1n) is 20.2. The number of nitrogens with zero attached hydrogens (tertiary/aromatic N) is 1. The SMILES string of the molecule is C=CC1CC1(NC(=O)C1CC(OC2=CC(c3ccccc3)=C(C)CCc3cc(OC)ccc32)CN1C(=O)C(CNC)NC(=O)OC(C)(C)C)C(=O)NCS(=O)(=O)C1CC1. The van der Waals surface area contributed by atoms with Crippen LogP contribution in [0.1, 0.15) is 76.5 Å². The van der Waals surface area contributed by atoms with Crippen LogP contribution in [0.5, 0.6) is 5.75 Å². The molecule has 318 valence electrons. The van der Waals surface area contributed by atoms with E-state index in [9.17, 15) is 27.6 Å². The number of rotatable bonds is 15. The topological polar surface area (TPSA) is 181 Å². The largest absolute Gasteiger partial charge is 0.497 e.